The average Bonchev–Trinajstić information content (AvgIpc) is 2.27. The number of alkyl halides is 9. The maximum absolute atomic E-state index is 12.6. The molecule has 0 aromatic heterocycles. The quantitative estimate of drug-likeness (QED) is 0.290. The van der Waals surface area contributed by atoms with Crippen molar-refractivity contribution in [2.24, 2.45) is 5.41 Å². The predicted octanol–water partition coefficient (Wildman–Crippen LogP) is 4.95. The SMILES string of the molecule is C=C(C)C(=O)OCCCCC(C(F)(F)F)(C(F)(F)F)C(F)(F)F. The number of halogens is 9. The lowest BCUT2D eigenvalue weighted by Crippen LogP contribution is -2.59. The number of carbonyl (C=O) groups excluding carboxylic acids is 1. The highest BCUT2D eigenvalue weighted by Gasteiger charge is 2.82. The molecule has 0 aliphatic heterocycles. The Morgan fingerprint density at radius 1 is 0.870 bits per heavy atom. The molecule has 2 nitrogen and oxygen atoms in total. The van der Waals surface area contributed by atoms with Gasteiger partial charge in [0.1, 0.15) is 0 Å². The summed E-state index contributed by atoms with van der Waals surface area (Å²) in [6.45, 7) is 3.79. The first-order valence-electron chi connectivity index (χ1n) is 6.10. The molecule has 0 aromatic rings. The zero-order valence-corrected chi connectivity index (χ0v) is 11.8. The van der Waals surface area contributed by atoms with Crippen molar-refractivity contribution < 1.29 is 49.0 Å². The van der Waals surface area contributed by atoms with Gasteiger partial charge < -0.3 is 4.74 Å². The van der Waals surface area contributed by atoms with Crippen molar-refractivity contribution in [2.45, 2.75) is 44.7 Å². The molecule has 0 heterocycles. The summed E-state index contributed by atoms with van der Waals surface area (Å²) in [4.78, 5) is 10.9. The second kappa shape index (κ2) is 7.00. The van der Waals surface area contributed by atoms with Crippen molar-refractivity contribution >= 4 is 5.97 Å². The van der Waals surface area contributed by atoms with E-state index in [1.807, 2.05) is 0 Å². The maximum Gasteiger partial charge on any atom is 0.412 e. The molecule has 0 amide bonds. The van der Waals surface area contributed by atoms with Crippen LogP contribution in [0.5, 0.6) is 0 Å². The second-order valence-electron chi connectivity index (χ2n) is 4.77. The fraction of sp³-hybridized carbons (Fsp3) is 0.750. The van der Waals surface area contributed by atoms with E-state index >= 15 is 0 Å². The van der Waals surface area contributed by atoms with Crippen LogP contribution in [0, 0.1) is 5.41 Å². The smallest absolute Gasteiger partial charge is 0.412 e. The summed E-state index contributed by atoms with van der Waals surface area (Å²) < 4.78 is 118. The minimum Gasteiger partial charge on any atom is -0.462 e. The zero-order valence-electron chi connectivity index (χ0n) is 11.8. The highest BCUT2D eigenvalue weighted by molar-refractivity contribution is 5.86. The van der Waals surface area contributed by atoms with Gasteiger partial charge in [0, 0.05) is 5.57 Å². The molecular formula is C12H13F9O2. The summed E-state index contributed by atoms with van der Waals surface area (Å²) in [5.74, 6) is -0.946. The minimum absolute atomic E-state index is 0.0692. The molecule has 0 saturated heterocycles. The van der Waals surface area contributed by atoms with Crippen molar-refractivity contribution in [3.8, 4) is 0 Å². The Labute approximate surface area is 125 Å². The summed E-state index contributed by atoms with van der Waals surface area (Å²) in [5.41, 5.74) is -5.88. The fourth-order valence-corrected chi connectivity index (χ4v) is 1.69. The predicted molar refractivity (Wildman–Crippen MR) is 60.2 cm³/mol. The molecule has 0 spiro atoms. The normalized spacial score (nSPS) is 13.8. The van der Waals surface area contributed by atoms with Crippen molar-refractivity contribution in [3.63, 3.8) is 0 Å². The molecule has 0 rings (SSSR count). The Hall–Kier alpha value is -1.42. The van der Waals surface area contributed by atoms with Crippen LogP contribution < -0.4 is 0 Å². The zero-order chi connectivity index (χ0) is 18.7. The van der Waals surface area contributed by atoms with E-state index in [9.17, 15) is 44.3 Å². The van der Waals surface area contributed by atoms with Crippen molar-refractivity contribution in [2.75, 3.05) is 6.61 Å². The molecule has 0 aliphatic rings. The van der Waals surface area contributed by atoms with E-state index in [-0.39, 0.29) is 5.57 Å². The van der Waals surface area contributed by atoms with Crippen LogP contribution in [-0.2, 0) is 9.53 Å². The van der Waals surface area contributed by atoms with Crippen molar-refractivity contribution in [1.29, 1.82) is 0 Å². The number of rotatable bonds is 6. The maximum atomic E-state index is 12.6. The summed E-state index contributed by atoms with van der Waals surface area (Å²) in [7, 11) is 0. The number of hydrogen-bond donors (Lipinski definition) is 0. The van der Waals surface area contributed by atoms with Crippen LogP contribution in [0.3, 0.4) is 0 Å². The number of hydrogen-bond acceptors (Lipinski definition) is 2. The van der Waals surface area contributed by atoms with Crippen LogP contribution >= 0.6 is 0 Å². The van der Waals surface area contributed by atoms with Crippen LogP contribution in [0.25, 0.3) is 0 Å². The molecule has 0 unspecified atom stereocenters. The van der Waals surface area contributed by atoms with E-state index in [1.165, 1.54) is 6.92 Å². The van der Waals surface area contributed by atoms with Crippen LogP contribution in [0.2, 0.25) is 0 Å². The fourth-order valence-electron chi connectivity index (χ4n) is 1.69. The number of esters is 1. The second-order valence-corrected chi connectivity index (χ2v) is 4.77. The van der Waals surface area contributed by atoms with Crippen LogP contribution in [0.4, 0.5) is 39.5 Å². The third-order valence-electron chi connectivity index (χ3n) is 2.98. The largest absolute Gasteiger partial charge is 0.462 e. The van der Waals surface area contributed by atoms with Gasteiger partial charge in [-0.25, -0.2) is 4.79 Å². The number of ether oxygens (including phenoxy) is 1. The standard InChI is InChI=1S/C12H13F9O2/c1-7(2)8(22)23-6-4-3-5-9(10(13,14)15,11(16,17)18)12(19,20)21/h1,3-6H2,2H3. The molecule has 0 saturated carbocycles. The summed E-state index contributed by atoms with van der Waals surface area (Å²) in [6.07, 6.45) is -23.6. The summed E-state index contributed by atoms with van der Waals surface area (Å²) in [5, 5.41) is 0. The Morgan fingerprint density at radius 3 is 1.57 bits per heavy atom. The third-order valence-corrected chi connectivity index (χ3v) is 2.98. The summed E-state index contributed by atoms with van der Waals surface area (Å²) >= 11 is 0. The van der Waals surface area contributed by atoms with E-state index in [1.54, 1.807) is 0 Å². The average molecular weight is 360 g/mol. The summed E-state index contributed by atoms with van der Waals surface area (Å²) in [6, 6.07) is 0. The van der Waals surface area contributed by atoms with Crippen molar-refractivity contribution in [3.05, 3.63) is 12.2 Å². The van der Waals surface area contributed by atoms with Crippen LogP contribution in [0.1, 0.15) is 26.2 Å². The number of carbonyl (C=O) groups is 1. The van der Waals surface area contributed by atoms with Gasteiger partial charge in [-0.2, -0.15) is 39.5 Å². The van der Waals surface area contributed by atoms with Gasteiger partial charge in [0.25, 0.3) is 5.41 Å². The monoisotopic (exact) mass is 360 g/mol. The molecule has 0 atom stereocenters. The molecule has 0 N–H and O–H groups in total. The van der Waals surface area contributed by atoms with Gasteiger partial charge in [-0.3, -0.25) is 0 Å². The molecule has 23 heavy (non-hydrogen) atoms. The van der Waals surface area contributed by atoms with Gasteiger partial charge in [-0.05, 0) is 26.2 Å². The Bertz CT molecular complexity index is 395. The van der Waals surface area contributed by atoms with Gasteiger partial charge in [0.05, 0.1) is 6.61 Å². The van der Waals surface area contributed by atoms with Gasteiger partial charge in [0.2, 0.25) is 0 Å². The molecule has 0 bridgehead atoms. The van der Waals surface area contributed by atoms with Gasteiger partial charge in [-0.1, -0.05) is 6.58 Å². The van der Waals surface area contributed by atoms with E-state index in [2.05, 4.69) is 11.3 Å². The van der Waals surface area contributed by atoms with E-state index in [0.717, 1.165) is 0 Å². The van der Waals surface area contributed by atoms with E-state index in [0.29, 0.717) is 0 Å². The highest BCUT2D eigenvalue weighted by Crippen LogP contribution is 2.61. The lowest BCUT2D eigenvalue weighted by molar-refractivity contribution is -0.429. The first-order chi connectivity index (χ1) is 10.1. The Kier molecular flexibility index (Phi) is 6.56. The molecule has 0 fully saturated rings. The van der Waals surface area contributed by atoms with Gasteiger partial charge >= 0.3 is 24.5 Å². The topological polar surface area (TPSA) is 26.3 Å². The molecule has 0 aromatic carbocycles. The molecule has 0 aliphatic carbocycles. The Balaban J connectivity index is 5.08. The Morgan fingerprint density at radius 2 is 1.26 bits per heavy atom. The third kappa shape index (κ3) is 4.77. The number of unbranched alkanes of at least 4 members (excludes halogenated alkanes) is 1. The lowest BCUT2D eigenvalue weighted by atomic mass is 9.80. The van der Waals surface area contributed by atoms with Gasteiger partial charge in [0.15, 0.2) is 0 Å². The van der Waals surface area contributed by atoms with Crippen LogP contribution in [-0.4, -0.2) is 31.1 Å². The lowest BCUT2D eigenvalue weighted by Gasteiger charge is -2.38. The van der Waals surface area contributed by atoms with E-state index < -0.39 is 55.8 Å². The van der Waals surface area contributed by atoms with Crippen LogP contribution in [0.15, 0.2) is 12.2 Å². The first-order valence-corrected chi connectivity index (χ1v) is 6.10. The minimum atomic E-state index is -6.56. The first kappa shape index (κ1) is 21.6. The highest BCUT2D eigenvalue weighted by atomic mass is 19.4. The molecule has 0 radical (unpaired) electrons. The van der Waals surface area contributed by atoms with Gasteiger partial charge in [-0.15, -0.1) is 0 Å². The molecule has 136 valence electrons. The van der Waals surface area contributed by atoms with E-state index in [4.69, 9.17) is 0 Å². The molecule has 11 heteroatoms. The van der Waals surface area contributed by atoms with Crippen molar-refractivity contribution in [1.82, 2.24) is 0 Å². The molecular weight excluding hydrogens is 347 g/mol.